The van der Waals surface area contributed by atoms with Crippen LogP contribution in [-0.2, 0) is 4.74 Å². The molecule has 5 nitrogen and oxygen atoms in total. The quantitative estimate of drug-likeness (QED) is 0.667. The summed E-state index contributed by atoms with van der Waals surface area (Å²) in [6.45, 7) is 2.72. The number of fused-ring (bicyclic) bond motifs is 1. The highest BCUT2D eigenvalue weighted by atomic mass is 35.5. The van der Waals surface area contributed by atoms with E-state index in [1.807, 2.05) is 4.90 Å². The predicted octanol–water partition coefficient (Wildman–Crippen LogP) is 3.32. The van der Waals surface area contributed by atoms with Gasteiger partial charge in [-0.2, -0.15) is 0 Å². The minimum Gasteiger partial charge on any atom is -0.378 e. The van der Waals surface area contributed by atoms with Gasteiger partial charge in [0.1, 0.15) is 11.0 Å². The number of benzene rings is 1. The number of ether oxygens (including phenoxy) is 1. The monoisotopic (exact) mass is 344 g/mol. The Morgan fingerprint density at radius 2 is 1.79 bits per heavy atom. The zero-order valence-electron chi connectivity index (χ0n) is 12.7. The van der Waals surface area contributed by atoms with Crippen molar-refractivity contribution in [2.45, 2.75) is 0 Å². The van der Waals surface area contributed by atoms with Gasteiger partial charge in [0.25, 0.3) is 0 Å². The second-order valence-corrected chi connectivity index (χ2v) is 5.86. The topological polar surface area (TPSA) is 51.1 Å². The maximum absolute atomic E-state index is 13.2. The standard InChI is InChI=1S/C17H14ClFN4O/c18-16-14-10-20-9-13(11-1-3-12(19)4-2-11)15(14)21-17(22-16)23-5-7-24-8-6-23/h1-4,9-10H,5-8H2. The van der Waals surface area contributed by atoms with E-state index in [4.69, 9.17) is 21.3 Å². The number of nitrogens with zero attached hydrogens (tertiary/aromatic N) is 4. The van der Waals surface area contributed by atoms with Gasteiger partial charge in [-0.1, -0.05) is 23.7 Å². The lowest BCUT2D eigenvalue weighted by molar-refractivity contribution is 0.122. The highest BCUT2D eigenvalue weighted by molar-refractivity contribution is 6.34. The Bertz CT molecular complexity index is 882. The molecule has 1 fully saturated rings. The molecule has 0 N–H and O–H groups in total. The summed E-state index contributed by atoms with van der Waals surface area (Å²) >= 11 is 6.36. The van der Waals surface area contributed by atoms with E-state index >= 15 is 0 Å². The van der Waals surface area contributed by atoms with E-state index in [1.54, 1.807) is 24.5 Å². The summed E-state index contributed by atoms with van der Waals surface area (Å²) in [5.41, 5.74) is 2.33. The van der Waals surface area contributed by atoms with E-state index in [0.29, 0.717) is 35.2 Å². The van der Waals surface area contributed by atoms with Crippen molar-refractivity contribution in [3.05, 3.63) is 47.6 Å². The highest BCUT2D eigenvalue weighted by Gasteiger charge is 2.18. The van der Waals surface area contributed by atoms with Gasteiger partial charge in [-0.25, -0.2) is 14.4 Å². The molecule has 0 atom stereocenters. The molecule has 1 aliphatic heterocycles. The molecule has 1 saturated heterocycles. The minimum atomic E-state index is -0.284. The lowest BCUT2D eigenvalue weighted by atomic mass is 10.1. The molecule has 4 rings (SSSR count). The van der Waals surface area contributed by atoms with Gasteiger partial charge >= 0.3 is 0 Å². The van der Waals surface area contributed by atoms with Crippen LogP contribution in [0.3, 0.4) is 0 Å². The molecule has 3 aromatic rings. The van der Waals surface area contributed by atoms with Crippen LogP contribution in [0.2, 0.25) is 5.15 Å². The van der Waals surface area contributed by atoms with E-state index in [9.17, 15) is 4.39 Å². The molecule has 2 aromatic heterocycles. The normalized spacial score (nSPS) is 15.0. The van der Waals surface area contributed by atoms with Crippen molar-refractivity contribution < 1.29 is 9.13 Å². The van der Waals surface area contributed by atoms with Crippen LogP contribution in [0.5, 0.6) is 0 Å². The third-order valence-corrected chi connectivity index (χ3v) is 4.29. The summed E-state index contributed by atoms with van der Waals surface area (Å²) in [6, 6.07) is 6.24. The Morgan fingerprint density at radius 3 is 2.54 bits per heavy atom. The van der Waals surface area contributed by atoms with Gasteiger partial charge < -0.3 is 9.64 Å². The van der Waals surface area contributed by atoms with Crippen molar-refractivity contribution in [2.24, 2.45) is 0 Å². The molecule has 0 spiro atoms. The Morgan fingerprint density at radius 1 is 1.04 bits per heavy atom. The first-order chi connectivity index (χ1) is 11.7. The second-order valence-electron chi connectivity index (χ2n) is 5.50. The lowest BCUT2D eigenvalue weighted by Gasteiger charge is -2.27. The van der Waals surface area contributed by atoms with E-state index < -0.39 is 0 Å². The van der Waals surface area contributed by atoms with E-state index in [1.165, 1.54) is 12.1 Å². The van der Waals surface area contributed by atoms with Crippen LogP contribution in [0.4, 0.5) is 10.3 Å². The third kappa shape index (κ3) is 2.79. The molecule has 0 bridgehead atoms. The molecule has 7 heteroatoms. The van der Waals surface area contributed by atoms with Crippen molar-refractivity contribution >= 4 is 28.5 Å². The van der Waals surface area contributed by atoms with Crippen LogP contribution in [0.15, 0.2) is 36.7 Å². The number of morpholine rings is 1. The van der Waals surface area contributed by atoms with E-state index in [-0.39, 0.29) is 5.82 Å². The second kappa shape index (κ2) is 6.30. The van der Waals surface area contributed by atoms with Crippen molar-refractivity contribution in [3.8, 4) is 11.1 Å². The summed E-state index contributed by atoms with van der Waals surface area (Å²) in [4.78, 5) is 15.4. The van der Waals surface area contributed by atoms with Gasteiger partial charge in [-0.05, 0) is 17.7 Å². The first-order valence-electron chi connectivity index (χ1n) is 7.62. The first kappa shape index (κ1) is 15.2. The maximum atomic E-state index is 13.2. The van der Waals surface area contributed by atoms with E-state index in [2.05, 4.69) is 9.97 Å². The fraction of sp³-hybridized carbons (Fsp3) is 0.235. The molecule has 24 heavy (non-hydrogen) atoms. The largest absolute Gasteiger partial charge is 0.378 e. The van der Waals surface area contributed by atoms with E-state index in [0.717, 1.165) is 24.2 Å². The zero-order chi connectivity index (χ0) is 16.5. The lowest BCUT2D eigenvalue weighted by Crippen LogP contribution is -2.37. The Hall–Kier alpha value is -2.31. The summed E-state index contributed by atoms with van der Waals surface area (Å²) in [6.07, 6.45) is 3.36. The van der Waals surface area contributed by atoms with Crippen molar-refractivity contribution in [1.82, 2.24) is 15.0 Å². The van der Waals surface area contributed by atoms with Crippen LogP contribution in [0.1, 0.15) is 0 Å². The first-order valence-corrected chi connectivity index (χ1v) is 8.00. The Balaban J connectivity index is 1.88. The van der Waals surface area contributed by atoms with Crippen LogP contribution in [0, 0.1) is 5.82 Å². The molecule has 1 aromatic carbocycles. The van der Waals surface area contributed by atoms with Crippen LogP contribution < -0.4 is 4.90 Å². The molecule has 3 heterocycles. The molecule has 1 aliphatic rings. The van der Waals surface area contributed by atoms with Gasteiger partial charge in [0.15, 0.2) is 0 Å². The Kier molecular flexibility index (Phi) is 4.00. The van der Waals surface area contributed by atoms with Gasteiger partial charge in [-0.15, -0.1) is 0 Å². The minimum absolute atomic E-state index is 0.284. The summed E-state index contributed by atoms with van der Waals surface area (Å²) in [5, 5.41) is 1.04. The van der Waals surface area contributed by atoms with Crippen molar-refractivity contribution in [1.29, 1.82) is 0 Å². The molecule has 0 aliphatic carbocycles. The van der Waals surface area contributed by atoms with Gasteiger partial charge in [-0.3, -0.25) is 4.98 Å². The number of aromatic nitrogens is 3. The third-order valence-electron chi connectivity index (χ3n) is 4.00. The molecule has 122 valence electrons. The zero-order valence-corrected chi connectivity index (χ0v) is 13.5. The van der Waals surface area contributed by atoms with Crippen molar-refractivity contribution in [3.63, 3.8) is 0 Å². The summed E-state index contributed by atoms with van der Waals surface area (Å²) < 4.78 is 18.6. The van der Waals surface area contributed by atoms with Gasteiger partial charge in [0.2, 0.25) is 5.95 Å². The molecular weight excluding hydrogens is 331 g/mol. The van der Waals surface area contributed by atoms with Gasteiger partial charge in [0.05, 0.1) is 24.1 Å². The van der Waals surface area contributed by atoms with Crippen LogP contribution in [-0.4, -0.2) is 41.3 Å². The number of anilines is 1. The average Bonchev–Trinajstić information content (AvgIpc) is 2.63. The average molecular weight is 345 g/mol. The number of hydrogen-bond donors (Lipinski definition) is 0. The number of rotatable bonds is 2. The smallest absolute Gasteiger partial charge is 0.227 e. The van der Waals surface area contributed by atoms with Crippen molar-refractivity contribution in [2.75, 3.05) is 31.2 Å². The Labute approximate surface area is 143 Å². The molecule has 0 unspecified atom stereocenters. The van der Waals surface area contributed by atoms with Gasteiger partial charge in [0, 0.05) is 31.0 Å². The number of pyridine rings is 1. The fourth-order valence-electron chi connectivity index (χ4n) is 2.74. The summed E-state index contributed by atoms with van der Waals surface area (Å²) in [7, 11) is 0. The molecule has 0 amide bonds. The maximum Gasteiger partial charge on any atom is 0.227 e. The van der Waals surface area contributed by atoms with Crippen LogP contribution in [0.25, 0.3) is 22.0 Å². The molecular formula is C17H14ClFN4O. The number of halogens is 2. The highest BCUT2D eigenvalue weighted by Crippen LogP contribution is 2.31. The summed E-state index contributed by atoms with van der Waals surface area (Å²) in [5.74, 6) is 0.291. The molecule has 0 radical (unpaired) electrons. The van der Waals surface area contributed by atoms with Crippen LogP contribution >= 0.6 is 11.6 Å². The SMILES string of the molecule is Fc1ccc(-c2cncc3c(Cl)nc(N4CCOCC4)nc23)cc1. The number of hydrogen-bond acceptors (Lipinski definition) is 5. The predicted molar refractivity (Wildman–Crippen MR) is 90.8 cm³/mol. The fourth-order valence-corrected chi connectivity index (χ4v) is 2.96. The molecule has 0 saturated carbocycles.